The molecule has 0 aromatic heterocycles. The van der Waals surface area contributed by atoms with Crippen LogP contribution >= 0.6 is 15.9 Å². The van der Waals surface area contributed by atoms with Crippen LogP contribution in [0.2, 0.25) is 0 Å². The zero-order valence-electron chi connectivity index (χ0n) is 18.9. The van der Waals surface area contributed by atoms with Crippen molar-refractivity contribution in [2.75, 3.05) is 23.9 Å². The van der Waals surface area contributed by atoms with E-state index < -0.39 is 10.0 Å². The molecule has 34 heavy (non-hydrogen) atoms. The van der Waals surface area contributed by atoms with Crippen molar-refractivity contribution in [1.82, 2.24) is 10.2 Å². The maximum atomic E-state index is 13.4. The van der Waals surface area contributed by atoms with Crippen LogP contribution in [0.3, 0.4) is 0 Å². The number of hydrogen-bond donors (Lipinski definition) is 1. The number of halogens is 1. The van der Waals surface area contributed by atoms with E-state index in [0.29, 0.717) is 12.2 Å². The molecule has 1 aliphatic heterocycles. The first-order valence-electron chi connectivity index (χ1n) is 11.3. The van der Waals surface area contributed by atoms with Crippen molar-refractivity contribution in [2.24, 2.45) is 0 Å². The van der Waals surface area contributed by atoms with Crippen LogP contribution in [0, 0.1) is 0 Å². The second kappa shape index (κ2) is 11.2. The summed E-state index contributed by atoms with van der Waals surface area (Å²) in [5.74, 6) is -0.371. The fourth-order valence-corrected chi connectivity index (χ4v) is 5.91. The number of anilines is 1. The van der Waals surface area contributed by atoms with E-state index in [4.69, 9.17) is 0 Å². The first-order chi connectivity index (χ1) is 16.4. The van der Waals surface area contributed by atoms with Gasteiger partial charge in [0.2, 0.25) is 5.91 Å². The number of carbonyl (C=O) groups excluding carboxylic acids is 1. The summed E-state index contributed by atoms with van der Waals surface area (Å²) < 4.78 is 28.7. The van der Waals surface area contributed by atoms with Gasteiger partial charge in [-0.05, 0) is 67.4 Å². The Labute approximate surface area is 209 Å². The summed E-state index contributed by atoms with van der Waals surface area (Å²) in [6.45, 7) is 3.18. The average Bonchev–Trinajstić information content (AvgIpc) is 3.35. The molecule has 0 aliphatic carbocycles. The van der Waals surface area contributed by atoms with E-state index >= 15 is 0 Å². The van der Waals surface area contributed by atoms with Gasteiger partial charge in [-0.2, -0.15) is 0 Å². The van der Waals surface area contributed by atoms with Gasteiger partial charge in [0.05, 0.1) is 10.6 Å². The van der Waals surface area contributed by atoms with Gasteiger partial charge >= 0.3 is 0 Å². The van der Waals surface area contributed by atoms with Crippen molar-refractivity contribution in [3.05, 3.63) is 94.5 Å². The Morgan fingerprint density at radius 3 is 2.35 bits per heavy atom. The molecule has 1 fully saturated rings. The zero-order chi connectivity index (χ0) is 24.0. The summed E-state index contributed by atoms with van der Waals surface area (Å²) in [7, 11) is -3.92. The minimum atomic E-state index is -3.92. The van der Waals surface area contributed by atoms with Crippen molar-refractivity contribution < 1.29 is 13.2 Å². The number of hydrogen-bond acceptors (Lipinski definition) is 4. The molecule has 1 amide bonds. The van der Waals surface area contributed by atoms with Crippen molar-refractivity contribution in [3.8, 4) is 0 Å². The van der Waals surface area contributed by atoms with Crippen LogP contribution in [-0.2, 0) is 27.9 Å². The highest BCUT2D eigenvalue weighted by Gasteiger charge is 2.27. The minimum absolute atomic E-state index is 0.136. The Hall–Kier alpha value is -2.68. The predicted octanol–water partition coefficient (Wildman–Crippen LogP) is 4.56. The molecule has 8 heteroatoms. The van der Waals surface area contributed by atoms with Crippen molar-refractivity contribution in [1.29, 1.82) is 0 Å². The molecule has 0 radical (unpaired) electrons. The van der Waals surface area contributed by atoms with E-state index in [1.54, 1.807) is 36.4 Å². The molecule has 0 atom stereocenters. The molecule has 1 heterocycles. The average molecular weight is 542 g/mol. The molecule has 3 aromatic carbocycles. The standard InChI is InChI=1S/C26H28BrN3O3S/c27-23-10-7-11-24(17-23)30(34(32,33)25-12-2-1-3-13-25)20-26(31)28-18-21-8-6-9-22(16-21)19-29-14-4-5-15-29/h1-3,6-13,16-17H,4-5,14-15,18-20H2,(H,28,31). The number of nitrogens with zero attached hydrogens (tertiary/aromatic N) is 2. The predicted molar refractivity (Wildman–Crippen MR) is 138 cm³/mol. The highest BCUT2D eigenvalue weighted by atomic mass is 79.9. The molecule has 4 rings (SSSR count). The molecular weight excluding hydrogens is 514 g/mol. The number of likely N-dealkylation sites (tertiary alicyclic amines) is 1. The van der Waals surface area contributed by atoms with Crippen LogP contribution in [0.25, 0.3) is 0 Å². The maximum Gasteiger partial charge on any atom is 0.264 e. The number of sulfonamides is 1. The second-order valence-electron chi connectivity index (χ2n) is 8.38. The lowest BCUT2D eigenvalue weighted by atomic mass is 10.1. The highest BCUT2D eigenvalue weighted by molar-refractivity contribution is 9.10. The molecule has 3 aromatic rings. The van der Waals surface area contributed by atoms with E-state index in [1.807, 2.05) is 18.2 Å². The third-order valence-corrected chi connectivity index (χ3v) is 8.08. The Bertz CT molecular complexity index is 1230. The maximum absolute atomic E-state index is 13.4. The molecule has 1 saturated heterocycles. The lowest BCUT2D eigenvalue weighted by Gasteiger charge is -2.24. The van der Waals surface area contributed by atoms with Crippen molar-refractivity contribution >= 4 is 37.5 Å². The van der Waals surface area contributed by atoms with Crippen LogP contribution in [0.1, 0.15) is 24.0 Å². The normalized spacial score (nSPS) is 14.1. The van der Waals surface area contributed by atoms with Gasteiger partial charge in [-0.1, -0.05) is 64.5 Å². The first kappa shape index (κ1) is 24.4. The van der Waals surface area contributed by atoms with Gasteiger partial charge in [0.25, 0.3) is 10.0 Å². The summed E-state index contributed by atoms with van der Waals surface area (Å²) in [4.78, 5) is 15.5. The molecule has 6 nitrogen and oxygen atoms in total. The fourth-order valence-electron chi connectivity index (χ4n) is 4.09. The van der Waals surface area contributed by atoms with E-state index in [0.717, 1.165) is 34.0 Å². The van der Waals surface area contributed by atoms with Crippen molar-refractivity contribution in [2.45, 2.75) is 30.8 Å². The lowest BCUT2D eigenvalue weighted by Crippen LogP contribution is -2.40. The summed E-state index contributed by atoms with van der Waals surface area (Å²) in [6.07, 6.45) is 2.49. The van der Waals surface area contributed by atoms with Gasteiger partial charge in [0, 0.05) is 17.6 Å². The van der Waals surface area contributed by atoms with Gasteiger partial charge in [0.1, 0.15) is 6.54 Å². The number of benzene rings is 3. The molecule has 1 N–H and O–H groups in total. The fraction of sp³-hybridized carbons (Fsp3) is 0.269. The molecule has 0 saturated carbocycles. The van der Waals surface area contributed by atoms with Crippen molar-refractivity contribution in [3.63, 3.8) is 0 Å². The Balaban J connectivity index is 1.47. The summed E-state index contributed by atoms with van der Waals surface area (Å²) in [5.41, 5.74) is 2.63. The SMILES string of the molecule is O=C(CN(c1cccc(Br)c1)S(=O)(=O)c1ccccc1)NCc1cccc(CN2CCCC2)c1. The van der Waals surface area contributed by atoms with Gasteiger partial charge in [0.15, 0.2) is 0 Å². The van der Waals surface area contributed by atoms with E-state index in [-0.39, 0.29) is 17.3 Å². The van der Waals surface area contributed by atoms with Crippen LogP contribution in [-0.4, -0.2) is 38.9 Å². The first-order valence-corrected chi connectivity index (χ1v) is 13.6. The Kier molecular flexibility index (Phi) is 8.03. The van der Waals surface area contributed by atoms with E-state index in [9.17, 15) is 13.2 Å². The molecule has 0 bridgehead atoms. The molecule has 0 spiro atoms. The molecule has 178 valence electrons. The number of rotatable bonds is 9. The minimum Gasteiger partial charge on any atom is -0.350 e. The van der Waals surface area contributed by atoms with Crippen LogP contribution in [0.5, 0.6) is 0 Å². The Morgan fingerprint density at radius 1 is 0.912 bits per heavy atom. The van der Waals surface area contributed by atoms with Gasteiger partial charge in [-0.15, -0.1) is 0 Å². The molecule has 0 unspecified atom stereocenters. The van der Waals surface area contributed by atoms with E-state index in [1.165, 1.54) is 30.5 Å². The topological polar surface area (TPSA) is 69.7 Å². The quantitative estimate of drug-likeness (QED) is 0.431. The Morgan fingerprint density at radius 2 is 1.62 bits per heavy atom. The van der Waals surface area contributed by atoms with Crippen LogP contribution in [0.4, 0.5) is 5.69 Å². The number of amides is 1. The number of carbonyl (C=O) groups is 1. The van der Waals surface area contributed by atoms with Crippen LogP contribution < -0.4 is 9.62 Å². The largest absolute Gasteiger partial charge is 0.350 e. The van der Waals surface area contributed by atoms with E-state index in [2.05, 4.69) is 38.3 Å². The second-order valence-corrected chi connectivity index (χ2v) is 11.2. The lowest BCUT2D eigenvalue weighted by molar-refractivity contribution is -0.119. The van der Waals surface area contributed by atoms with Gasteiger partial charge in [-0.25, -0.2) is 8.42 Å². The highest BCUT2D eigenvalue weighted by Crippen LogP contribution is 2.26. The summed E-state index contributed by atoms with van der Waals surface area (Å²) in [5, 5.41) is 2.89. The summed E-state index contributed by atoms with van der Waals surface area (Å²) in [6, 6.07) is 23.3. The third-order valence-electron chi connectivity index (χ3n) is 5.80. The zero-order valence-corrected chi connectivity index (χ0v) is 21.3. The van der Waals surface area contributed by atoms with Gasteiger partial charge in [-0.3, -0.25) is 14.0 Å². The smallest absolute Gasteiger partial charge is 0.264 e. The molecular formula is C26H28BrN3O3S. The van der Waals surface area contributed by atoms with Crippen LogP contribution in [0.15, 0.2) is 88.2 Å². The number of nitrogens with one attached hydrogen (secondary N) is 1. The molecule has 1 aliphatic rings. The summed E-state index contributed by atoms with van der Waals surface area (Å²) >= 11 is 3.39. The van der Waals surface area contributed by atoms with Gasteiger partial charge < -0.3 is 5.32 Å². The third kappa shape index (κ3) is 6.25. The monoisotopic (exact) mass is 541 g/mol.